The second-order valence-corrected chi connectivity index (χ2v) is 7.11. The second kappa shape index (κ2) is 8.81. The number of nitrogens with zero attached hydrogens (tertiary/aromatic N) is 3. The first-order valence-corrected chi connectivity index (χ1v) is 9.46. The molecule has 0 bridgehead atoms. The van der Waals surface area contributed by atoms with Gasteiger partial charge in [-0.1, -0.05) is 6.07 Å². The molecule has 2 aromatic heterocycles. The molecule has 27 heavy (non-hydrogen) atoms. The third kappa shape index (κ3) is 5.40. The lowest BCUT2D eigenvalue weighted by atomic mass is 10.2. The highest BCUT2D eigenvalue weighted by molar-refractivity contribution is 9.10. The highest BCUT2D eigenvalue weighted by Crippen LogP contribution is 2.26. The molecule has 3 rings (SSSR count). The lowest BCUT2D eigenvalue weighted by Crippen LogP contribution is -2.30. The Morgan fingerprint density at radius 2 is 2.04 bits per heavy atom. The van der Waals surface area contributed by atoms with E-state index in [1.165, 1.54) is 5.56 Å². The van der Waals surface area contributed by atoms with Crippen LogP contribution in [0.1, 0.15) is 18.1 Å². The van der Waals surface area contributed by atoms with Gasteiger partial charge in [0.15, 0.2) is 11.9 Å². The highest BCUT2D eigenvalue weighted by Gasteiger charge is 2.17. The lowest BCUT2D eigenvalue weighted by molar-refractivity contribution is -0.122. The van der Waals surface area contributed by atoms with Crippen molar-refractivity contribution in [1.82, 2.24) is 14.8 Å². The summed E-state index contributed by atoms with van der Waals surface area (Å²) < 4.78 is 8.37. The zero-order valence-electron chi connectivity index (χ0n) is 15.2. The molecule has 0 spiro atoms. The topological polar surface area (TPSA) is 69.0 Å². The van der Waals surface area contributed by atoms with Crippen LogP contribution in [-0.4, -0.2) is 26.8 Å². The van der Waals surface area contributed by atoms with Gasteiger partial charge in [0, 0.05) is 31.2 Å². The molecule has 0 radical (unpaired) electrons. The smallest absolute Gasteiger partial charge is 0.266 e. The average Bonchev–Trinajstić information content (AvgIpc) is 3.10. The molecule has 1 atom stereocenters. The molecular weight excluding hydrogens is 408 g/mol. The van der Waals surface area contributed by atoms with Crippen molar-refractivity contribution in [1.29, 1.82) is 0 Å². The number of anilines is 1. The minimum atomic E-state index is -0.647. The molecule has 0 aliphatic heterocycles. The maximum Gasteiger partial charge on any atom is 0.266 e. The van der Waals surface area contributed by atoms with Crippen LogP contribution in [0.4, 0.5) is 5.82 Å². The Labute approximate surface area is 166 Å². The number of hydrogen-bond donors (Lipinski definition) is 1. The van der Waals surface area contributed by atoms with E-state index in [2.05, 4.69) is 31.3 Å². The standard InChI is InChI=1S/C20H21BrN4O2/c1-14-3-4-18(17(21)13-14)27-15(2)20(26)23-19-8-12-25(24-19)11-7-16-5-9-22-10-6-16/h3-6,8-10,12-13,15H,7,11H2,1-2H3,(H,23,24,26). The largest absolute Gasteiger partial charge is 0.480 e. The van der Waals surface area contributed by atoms with E-state index in [4.69, 9.17) is 4.74 Å². The Hall–Kier alpha value is -2.67. The first kappa shape index (κ1) is 19.1. The van der Waals surface area contributed by atoms with Gasteiger partial charge in [-0.15, -0.1) is 0 Å². The van der Waals surface area contributed by atoms with Crippen molar-refractivity contribution in [3.05, 3.63) is 70.6 Å². The third-order valence-corrected chi connectivity index (χ3v) is 4.65. The number of benzene rings is 1. The van der Waals surface area contributed by atoms with E-state index in [1.54, 1.807) is 30.1 Å². The summed E-state index contributed by atoms with van der Waals surface area (Å²) >= 11 is 3.46. The fourth-order valence-electron chi connectivity index (χ4n) is 2.52. The number of carbonyl (C=O) groups excluding carboxylic acids is 1. The minimum absolute atomic E-state index is 0.248. The summed E-state index contributed by atoms with van der Waals surface area (Å²) in [7, 11) is 0. The van der Waals surface area contributed by atoms with Gasteiger partial charge in [-0.25, -0.2) is 0 Å². The number of aromatic nitrogens is 3. The van der Waals surface area contributed by atoms with Crippen LogP contribution >= 0.6 is 15.9 Å². The number of carbonyl (C=O) groups is 1. The van der Waals surface area contributed by atoms with Crippen molar-refractivity contribution >= 4 is 27.7 Å². The third-order valence-electron chi connectivity index (χ3n) is 4.03. The van der Waals surface area contributed by atoms with Gasteiger partial charge in [-0.05, 0) is 71.6 Å². The molecule has 1 amide bonds. The Morgan fingerprint density at radius 3 is 2.78 bits per heavy atom. The van der Waals surface area contributed by atoms with Crippen LogP contribution in [0, 0.1) is 6.92 Å². The van der Waals surface area contributed by atoms with E-state index < -0.39 is 6.10 Å². The van der Waals surface area contributed by atoms with Gasteiger partial charge in [0.2, 0.25) is 0 Å². The normalized spacial score (nSPS) is 11.8. The first-order chi connectivity index (χ1) is 13.0. The van der Waals surface area contributed by atoms with Crippen LogP contribution in [0.2, 0.25) is 0 Å². The van der Waals surface area contributed by atoms with E-state index in [1.807, 2.05) is 43.5 Å². The van der Waals surface area contributed by atoms with Crippen molar-refractivity contribution in [3.8, 4) is 5.75 Å². The fourth-order valence-corrected chi connectivity index (χ4v) is 3.11. The summed E-state index contributed by atoms with van der Waals surface area (Å²) in [4.78, 5) is 16.4. The number of amides is 1. The molecule has 1 aromatic carbocycles. The van der Waals surface area contributed by atoms with Gasteiger partial charge in [0.25, 0.3) is 5.91 Å². The Morgan fingerprint density at radius 1 is 1.26 bits per heavy atom. The van der Waals surface area contributed by atoms with Crippen molar-refractivity contribution < 1.29 is 9.53 Å². The lowest BCUT2D eigenvalue weighted by Gasteiger charge is -2.15. The maximum absolute atomic E-state index is 12.4. The quantitative estimate of drug-likeness (QED) is 0.617. The van der Waals surface area contributed by atoms with Gasteiger partial charge in [-0.2, -0.15) is 5.10 Å². The molecule has 3 aromatic rings. The van der Waals surface area contributed by atoms with Gasteiger partial charge in [-0.3, -0.25) is 14.5 Å². The average molecular weight is 429 g/mol. The van der Waals surface area contributed by atoms with Gasteiger partial charge < -0.3 is 10.1 Å². The molecule has 2 heterocycles. The SMILES string of the molecule is Cc1ccc(OC(C)C(=O)Nc2ccn(CCc3ccncc3)n2)c(Br)c1. The summed E-state index contributed by atoms with van der Waals surface area (Å²) in [5.74, 6) is 0.890. The summed E-state index contributed by atoms with van der Waals surface area (Å²) in [6, 6.07) is 11.5. The monoisotopic (exact) mass is 428 g/mol. The van der Waals surface area contributed by atoms with Crippen LogP contribution in [0.5, 0.6) is 5.75 Å². The zero-order chi connectivity index (χ0) is 19.2. The number of aryl methyl sites for hydroxylation is 3. The molecule has 1 N–H and O–H groups in total. The molecular formula is C20H21BrN4O2. The Bertz CT molecular complexity index is 911. The van der Waals surface area contributed by atoms with E-state index in [0.717, 1.165) is 23.0 Å². The molecule has 140 valence electrons. The molecule has 0 fully saturated rings. The summed E-state index contributed by atoms with van der Waals surface area (Å²) in [5, 5.41) is 7.18. The fraction of sp³-hybridized carbons (Fsp3) is 0.250. The van der Waals surface area contributed by atoms with Crippen molar-refractivity contribution in [2.24, 2.45) is 0 Å². The maximum atomic E-state index is 12.4. The van der Waals surface area contributed by atoms with E-state index in [0.29, 0.717) is 11.6 Å². The molecule has 0 aliphatic rings. The number of hydrogen-bond acceptors (Lipinski definition) is 4. The van der Waals surface area contributed by atoms with Gasteiger partial charge in [0.1, 0.15) is 5.75 Å². The number of halogens is 1. The number of pyridine rings is 1. The molecule has 7 heteroatoms. The minimum Gasteiger partial charge on any atom is -0.480 e. The van der Waals surface area contributed by atoms with Gasteiger partial charge in [0.05, 0.1) is 4.47 Å². The second-order valence-electron chi connectivity index (χ2n) is 6.25. The Balaban J connectivity index is 1.53. The van der Waals surface area contributed by atoms with E-state index in [9.17, 15) is 4.79 Å². The van der Waals surface area contributed by atoms with Gasteiger partial charge >= 0.3 is 0 Å². The van der Waals surface area contributed by atoms with E-state index in [-0.39, 0.29) is 5.91 Å². The van der Waals surface area contributed by atoms with Crippen LogP contribution in [-0.2, 0) is 17.8 Å². The highest BCUT2D eigenvalue weighted by atomic mass is 79.9. The van der Waals surface area contributed by atoms with Crippen LogP contribution < -0.4 is 10.1 Å². The predicted octanol–water partition coefficient (Wildman–Crippen LogP) is 4.00. The van der Waals surface area contributed by atoms with Crippen molar-refractivity contribution in [2.45, 2.75) is 32.9 Å². The Kier molecular flexibility index (Phi) is 6.24. The van der Waals surface area contributed by atoms with Crippen molar-refractivity contribution in [3.63, 3.8) is 0 Å². The zero-order valence-corrected chi connectivity index (χ0v) is 16.8. The molecule has 0 saturated heterocycles. The number of rotatable bonds is 7. The first-order valence-electron chi connectivity index (χ1n) is 8.67. The molecule has 1 unspecified atom stereocenters. The van der Waals surface area contributed by atoms with Crippen LogP contribution in [0.3, 0.4) is 0 Å². The predicted molar refractivity (Wildman–Crippen MR) is 108 cm³/mol. The molecule has 0 saturated carbocycles. The summed E-state index contributed by atoms with van der Waals surface area (Å²) in [5.41, 5.74) is 2.31. The molecule has 6 nitrogen and oxygen atoms in total. The number of ether oxygens (including phenoxy) is 1. The number of nitrogens with one attached hydrogen (secondary N) is 1. The summed E-state index contributed by atoms with van der Waals surface area (Å²) in [6.07, 6.45) is 5.60. The molecule has 0 aliphatic carbocycles. The van der Waals surface area contributed by atoms with Crippen LogP contribution in [0.25, 0.3) is 0 Å². The van der Waals surface area contributed by atoms with E-state index >= 15 is 0 Å². The summed E-state index contributed by atoms with van der Waals surface area (Å²) in [6.45, 7) is 4.43. The van der Waals surface area contributed by atoms with Crippen LogP contribution in [0.15, 0.2) is 59.5 Å². The van der Waals surface area contributed by atoms with Crippen molar-refractivity contribution in [2.75, 3.05) is 5.32 Å².